The van der Waals surface area contributed by atoms with Gasteiger partial charge in [-0.25, -0.2) is 0 Å². The molecule has 2 nitrogen and oxygen atoms in total. The van der Waals surface area contributed by atoms with Crippen LogP contribution in [-0.4, -0.2) is 23.4 Å². The van der Waals surface area contributed by atoms with Crippen LogP contribution in [0.3, 0.4) is 0 Å². The molecule has 0 spiro atoms. The average molecular weight is 349 g/mol. The van der Waals surface area contributed by atoms with Crippen LogP contribution in [0.5, 0.6) is 0 Å². The van der Waals surface area contributed by atoms with E-state index in [1.165, 1.54) is 25.7 Å². The fraction of sp³-hybridized carbons (Fsp3) is 1.00. The SMILES string of the molecule is CC1CC(C(C)(C)C)C2OC2(CC23CC(C)CC(C(C)(C)C)C2O3)C1. The van der Waals surface area contributed by atoms with Crippen molar-refractivity contribution in [3.05, 3.63) is 0 Å². The zero-order chi connectivity index (χ0) is 18.4. The molecule has 8 atom stereocenters. The van der Waals surface area contributed by atoms with Crippen molar-refractivity contribution < 1.29 is 9.47 Å². The van der Waals surface area contributed by atoms with E-state index in [1.54, 1.807) is 0 Å². The smallest absolute Gasteiger partial charge is 0.0982 e. The molecule has 144 valence electrons. The summed E-state index contributed by atoms with van der Waals surface area (Å²) in [6, 6.07) is 0. The molecule has 2 heteroatoms. The van der Waals surface area contributed by atoms with E-state index in [2.05, 4.69) is 55.4 Å². The number of rotatable bonds is 2. The van der Waals surface area contributed by atoms with Gasteiger partial charge in [0.2, 0.25) is 0 Å². The van der Waals surface area contributed by atoms with Crippen LogP contribution in [0.2, 0.25) is 0 Å². The average Bonchev–Trinajstić information content (AvgIpc) is 3.28. The molecule has 4 fully saturated rings. The second-order valence-corrected chi connectivity index (χ2v) is 12.4. The molecule has 2 saturated heterocycles. The molecule has 2 aliphatic carbocycles. The van der Waals surface area contributed by atoms with Gasteiger partial charge >= 0.3 is 0 Å². The topological polar surface area (TPSA) is 25.1 Å². The maximum absolute atomic E-state index is 6.55. The normalized spacial score (nSPS) is 52.3. The lowest BCUT2D eigenvalue weighted by Crippen LogP contribution is -2.43. The van der Waals surface area contributed by atoms with Crippen molar-refractivity contribution >= 4 is 0 Å². The third kappa shape index (κ3) is 3.00. The van der Waals surface area contributed by atoms with Crippen molar-refractivity contribution in [2.75, 3.05) is 0 Å². The van der Waals surface area contributed by atoms with Gasteiger partial charge in [0, 0.05) is 6.42 Å². The van der Waals surface area contributed by atoms with Gasteiger partial charge in [-0.05, 0) is 60.2 Å². The zero-order valence-corrected chi connectivity index (χ0v) is 17.8. The van der Waals surface area contributed by atoms with Crippen LogP contribution < -0.4 is 0 Å². The van der Waals surface area contributed by atoms with Gasteiger partial charge in [-0.3, -0.25) is 0 Å². The van der Waals surface area contributed by atoms with Gasteiger partial charge in [-0.15, -0.1) is 0 Å². The lowest BCUT2D eigenvalue weighted by atomic mass is 9.61. The summed E-state index contributed by atoms with van der Waals surface area (Å²) in [5, 5.41) is 0. The van der Waals surface area contributed by atoms with Crippen molar-refractivity contribution in [3.8, 4) is 0 Å². The summed E-state index contributed by atoms with van der Waals surface area (Å²) in [7, 11) is 0. The number of hydrogen-bond acceptors (Lipinski definition) is 2. The highest BCUT2D eigenvalue weighted by Crippen LogP contribution is 2.66. The number of ether oxygens (including phenoxy) is 2. The van der Waals surface area contributed by atoms with E-state index in [9.17, 15) is 0 Å². The van der Waals surface area contributed by atoms with E-state index in [1.807, 2.05) is 0 Å². The Hall–Kier alpha value is -0.0800. The molecule has 0 aromatic rings. The van der Waals surface area contributed by atoms with Crippen LogP contribution in [-0.2, 0) is 9.47 Å². The molecular weight excluding hydrogens is 308 g/mol. The second-order valence-electron chi connectivity index (χ2n) is 12.4. The molecule has 0 aromatic heterocycles. The molecule has 4 aliphatic rings. The standard InChI is InChI=1S/C23H40O2/c1-14-9-16(20(3,4)5)18-22(11-14,24-18)13-23-12-15(2)10-17(19(23)25-23)21(6,7)8/h14-19H,9-13H2,1-8H3. The third-order valence-corrected chi connectivity index (χ3v) is 7.90. The molecule has 0 radical (unpaired) electrons. The number of epoxide rings is 2. The van der Waals surface area contributed by atoms with Crippen LogP contribution in [0.1, 0.15) is 87.5 Å². The first-order chi connectivity index (χ1) is 11.4. The van der Waals surface area contributed by atoms with Gasteiger partial charge in [-0.2, -0.15) is 0 Å². The molecule has 2 aliphatic heterocycles. The molecule has 2 heterocycles. The quantitative estimate of drug-likeness (QED) is 0.586. The lowest BCUT2D eigenvalue weighted by molar-refractivity contribution is 0.122. The summed E-state index contributed by atoms with van der Waals surface area (Å²) in [6.45, 7) is 19.3. The molecule has 0 bridgehead atoms. The summed E-state index contributed by atoms with van der Waals surface area (Å²) in [5.41, 5.74) is 0.945. The van der Waals surface area contributed by atoms with Crippen molar-refractivity contribution in [1.29, 1.82) is 0 Å². The van der Waals surface area contributed by atoms with Crippen LogP contribution in [0.4, 0.5) is 0 Å². The van der Waals surface area contributed by atoms with Crippen LogP contribution >= 0.6 is 0 Å². The lowest BCUT2D eigenvalue weighted by Gasteiger charge is -2.40. The first-order valence-electron chi connectivity index (χ1n) is 10.7. The highest BCUT2D eigenvalue weighted by molar-refractivity contribution is 5.21. The first kappa shape index (κ1) is 18.3. The molecule has 4 rings (SSSR count). The monoisotopic (exact) mass is 348 g/mol. The van der Waals surface area contributed by atoms with Gasteiger partial charge in [0.15, 0.2) is 0 Å². The van der Waals surface area contributed by atoms with E-state index < -0.39 is 0 Å². The maximum atomic E-state index is 6.55. The Morgan fingerprint density at radius 3 is 1.40 bits per heavy atom. The molecule has 0 aromatic carbocycles. The Morgan fingerprint density at radius 2 is 1.08 bits per heavy atom. The summed E-state index contributed by atoms with van der Waals surface area (Å²) >= 11 is 0. The van der Waals surface area contributed by atoms with E-state index in [0.717, 1.165) is 18.3 Å². The molecular formula is C23H40O2. The van der Waals surface area contributed by atoms with Gasteiger partial charge in [0.05, 0.1) is 23.4 Å². The van der Waals surface area contributed by atoms with Gasteiger partial charge in [0.1, 0.15) is 0 Å². The maximum Gasteiger partial charge on any atom is 0.0982 e. The third-order valence-electron chi connectivity index (χ3n) is 7.90. The minimum absolute atomic E-state index is 0.129. The largest absolute Gasteiger partial charge is 0.366 e. The highest BCUT2D eigenvalue weighted by atomic mass is 16.6. The van der Waals surface area contributed by atoms with E-state index in [0.29, 0.717) is 34.9 Å². The minimum atomic E-state index is 0.129. The molecule has 25 heavy (non-hydrogen) atoms. The van der Waals surface area contributed by atoms with Gasteiger partial charge in [0.25, 0.3) is 0 Å². The van der Waals surface area contributed by atoms with Gasteiger partial charge in [-0.1, -0.05) is 55.4 Å². The Labute approximate surface area is 155 Å². The Balaban J connectivity index is 1.53. The predicted molar refractivity (Wildman–Crippen MR) is 103 cm³/mol. The van der Waals surface area contributed by atoms with Crippen LogP contribution in [0.25, 0.3) is 0 Å². The second kappa shape index (κ2) is 5.25. The molecule has 0 N–H and O–H groups in total. The highest BCUT2D eigenvalue weighted by Gasteiger charge is 2.73. The fourth-order valence-corrected chi connectivity index (χ4v) is 6.68. The van der Waals surface area contributed by atoms with E-state index >= 15 is 0 Å². The van der Waals surface area contributed by atoms with E-state index in [-0.39, 0.29) is 11.2 Å². The number of hydrogen-bond donors (Lipinski definition) is 0. The van der Waals surface area contributed by atoms with Crippen molar-refractivity contribution in [1.82, 2.24) is 0 Å². The predicted octanol–water partition coefficient (Wildman–Crippen LogP) is 5.84. The van der Waals surface area contributed by atoms with Crippen molar-refractivity contribution in [3.63, 3.8) is 0 Å². The Kier molecular flexibility index (Phi) is 3.84. The molecule has 8 unspecified atom stereocenters. The summed E-state index contributed by atoms with van der Waals surface area (Å²) in [5.74, 6) is 2.94. The van der Waals surface area contributed by atoms with Crippen LogP contribution in [0.15, 0.2) is 0 Å². The van der Waals surface area contributed by atoms with Gasteiger partial charge < -0.3 is 9.47 Å². The minimum Gasteiger partial charge on any atom is -0.366 e. The Morgan fingerprint density at radius 1 is 0.720 bits per heavy atom. The van der Waals surface area contributed by atoms with Crippen LogP contribution in [0, 0.1) is 34.5 Å². The first-order valence-corrected chi connectivity index (χ1v) is 10.7. The number of fused-ring (bicyclic) bond motifs is 2. The van der Waals surface area contributed by atoms with Crippen molar-refractivity contribution in [2.45, 2.75) is 111 Å². The zero-order valence-electron chi connectivity index (χ0n) is 17.8. The summed E-state index contributed by atoms with van der Waals surface area (Å²) in [4.78, 5) is 0. The Bertz CT molecular complexity index is 493. The molecule has 2 saturated carbocycles. The molecule has 0 amide bonds. The van der Waals surface area contributed by atoms with E-state index in [4.69, 9.17) is 9.47 Å². The summed E-state index contributed by atoms with van der Waals surface area (Å²) in [6.07, 6.45) is 7.26. The summed E-state index contributed by atoms with van der Waals surface area (Å²) < 4.78 is 13.1. The fourth-order valence-electron chi connectivity index (χ4n) is 6.68. The van der Waals surface area contributed by atoms with Crippen molar-refractivity contribution in [2.24, 2.45) is 34.5 Å².